The summed E-state index contributed by atoms with van der Waals surface area (Å²) in [5.41, 5.74) is 0.00896. The summed E-state index contributed by atoms with van der Waals surface area (Å²) in [7, 11) is 0. The Kier molecular flexibility index (Phi) is 11.5. The zero-order chi connectivity index (χ0) is 22.1. The van der Waals surface area contributed by atoms with E-state index in [9.17, 15) is 9.18 Å². The Hall–Kier alpha value is -3.59. The third-order valence-corrected chi connectivity index (χ3v) is 4.82. The maximum atomic E-state index is 14.7. The van der Waals surface area contributed by atoms with Crippen molar-refractivity contribution < 1.29 is 10.6 Å². The van der Waals surface area contributed by atoms with Gasteiger partial charge in [-0.25, -0.2) is 9.38 Å². The number of hydrogen-bond donors (Lipinski definition) is 1. The number of amidine groups is 1. The van der Waals surface area contributed by atoms with E-state index < -0.39 is 5.67 Å². The highest BCUT2D eigenvalue weighted by Gasteiger charge is 2.25. The van der Waals surface area contributed by atoms with Crippen molar-refractivity contribution >= 4 is 17.4 Å². The summed E-state index contributed by atoms with van der Waals surface area (Å²) in [6.45, 7) is 15.3. The van der Waals surface area contributed by atoms with Crippen LogP contribution in [-0.2, 0) is 10.5 Å². The Morgan fingerprint density at radius 3 is 2.19 bits per heavy atom. The molecular formula is C26H37FN4O. The lowest BCUT2D eigenvalue weighted by molar-refractivity contribution is -0.126. The van der Waals surface area contributed by atoms with Gasteiger partial charge in [-0.05, 0) is 42.7 Å². The Labute approximate surface area is 194 Å². The fourth-order valence-corrected chi connectivity index (χ4v) is 3.07. The fraction of sp³-hybridized carbons (Fsp3) is 0.308. The normalized spacial score (nSPS) is 14.0. The molecule has 1 N–H and O–H groups in total. The number of carbonyl (C=O) groups excluding carboxylic acids is 1. The molecule has 1 fully saturated rings. The van der Waals surface area contributed by atoms with Crippen molar-refractivity contribution in [3.63, 3.8) is 0 Å². The first-order valence-corrected chi connectivity index (χ1v) is 9.61. The van der Waals surface area contributed by atoms with Gasteiger partial charge in [0.15, 0.2) is 11.5 Å². The van der Waals surface area contributed by atoms with E-state index in [1.165, 1.54) is 12.2 Å². The van der Waals surface area contributed by atoms with Crippen LogP contribution in [0, 0.1) is 12.3 Å². The van der Waals surface area contributed by atoms with Gasteiger partial charge in [-0.2, -0.15) is 0 Å². The van der Waals surface area contributed by atoms with E-state index >= 15 is 0 Å². The topological polar surface area (TPSA) is 47.9 Å². The number of amides is 1. The van der Waals surface area contributed by atoms with Gasteiger partial charge in [0.05, 0.1) is 5.70 Å². The van der Waals surface area contributed by atoms with Gasteiger partial charge in [0, 0.05) is 39.5 Å². The maximum Gasteiger partial charge on any atom is 0.298 e. The fourth-order valence-electron chi connectivity index (χ4n) is 3.07. The highest BCUT2D eigenvalue weighted by molar-refractivity contribution is 6.01. The predicted molar refractivity (Wildman–Crippen MR) is 137 cm³/mol. The van der Waals surface area contributed by atoms with Gasteiger partial charge in [-0.3, -0.25) is 4.79 Å². The van der Waals surface area contributed by atoms with E-state index in [0.29, 0.717) is 43.3 Å². The van der Waals surface area contributed by atoms with Crippen LogP contribution in [0.1, 0.15) is 28.8 Å². The molecular weight excluding hydrogens is 403 g/mol. The average molecular weight is 441 g/mol. The minimum Gasteiger partial charge on any atom is -0.353 e. The van der Waals surface area contributed by atoms with Crippen LogP contribution in [-0.4, -0.2) is 47.7 Å². The van der Waals surface area contributed by atoms with Crippen molar-refractivity contribution in [1.29, 1.82) is 0 Å². The van der Waals surface area contributed by atoms with Crippen molar-refractivity contribution in [3.05, 3.63) is 79.7 Å². The number of aliphatic imine (C=N–C) groups is 1. The largest absolute Gasteiger partial charge is 0.353 e. The van der Waals surface area contributed by atoms with Gasteiger partial charge in [0.1, 0.15) is 0 Å². The minimum atomic E-state index is -1.77. The molecule has 1 aliphatic heterocycles. The van der Waals surface area contributed by atoms with Gasteiger partial charge in [-0.1, -0.05) is 52.8 Å². The molecule has 1 amide bonds. The molecule has 32 heavy (non-hydrogen) atoms. The molecule has 0 bridgehead atoms. The molecule has 1 aromatic rings. The van der Waals surface area contributed by atoms with Crippen LogP contribution in [0.2, 0.25) is 0 Å². The number of nitrogens with one attached hydrogen (secondary N) is 1. The molecule has 0 atom stereocenters. The summed E-state index contributed by atoms with van der Waals surface area (Å²) in [4.78, 5) is 19.9. The van der Waals surface area contributed by atoms with Crippen LogP contribution >= 0.6 is 0 Å². The van der Waals surface area contributed by atoms with Crippen LogP contribution in [0.25, 0.3) is 0 Å². The van der Waals surface area contributed by atoms with Crippen LogP contribution in [0.5, 0.6) is 0 Å². The van der Waals surface area contributed by atoms with Gasteiger partial charge in [-0.15, -0.1) is 6.42 Å². The number of halogens is 1. The van der Waals surface area contributed by atoms with E-state index in [1.807, 2.05) is 17.9 Å². The van der Waals surface area contributed by atoms with Crippen molar-refractivity contribution in [1.82, 2.24) is 9.80 Å². The summed E-state index contributed by atoms with van der Waals surface area (Å²) in [6.07, 6.45) is 11.2. The summed E-state index contributed by atoms with van der Waals surface area (Å²) in [5, 5.41) is 3.22. The Morgan fingerprint density at radius 1 is 1.19 bits per heavy atom. The Bertz CT molecular complexity index is 899. The molecule has 174 valence electrons. The third kappa shape index (κ3) is 6.71. The number of benzene rings is 1. The van der Waals surface area contributed by atoms with E-state index in [2.05, 4.69) is 36.0 Å². The van der Waals surface area contributed by atoms with E-state index in [4.69, 9.17) is 6.42 Å². The summed E-state index contributed by atoms with van der Waals surface area (Å²) >= 11 is 0. The molecule has 0 unspecified atom stereocenters. The molecule has 0 aromatic heterocycles. The van der Waals surface area contributed by atoms with Crippen LogP contribution < -0.4 is 5.32 Å². The number of nitrogens with zero attached hydrogens (tertiary/aromatic N) is 3. The molecule has 1 aliphatic rings. The number of hydrogen-bond acceptors (Lipinski definition) is 3. The second kappa shape index (κ2) is 13.0. The SMILES string of the molecule is C.C.C#CC(=O)N1CCN(C(=N/C=C\C)C(=C)Nc2ccc(C(F)(C=C)C=C)cc2)CC1.[HH]. The molecule has 1 aromatic carbocycles. The summed E-state index contributed by atoms with van der Waals surface area (Å²) < 4.78 is 14.7. The predicted octanol–water partition coefficient (Wildman–Crippen LogP) is 5.38. The van der Waals surface area contributed by atoms with Crippen LogP contribution in [0.4, 0.5) is 10.1 Å². The number of allylic oxidation sites excluding steroid dienone is 3. The number of alkyl halides is 1. The van der Waals surface area contributed by atoms with E-state index in [-0.39, 0.29) is 22.2 Å². The minimum absolute atomic E-state index is 0. The molecule has 0 radical (unpaired) electrons. The first kappa shape index (κ1) is 28.4. The molecule has 0 spiro atoms. The lowest BCUT2D eigenvalue weighted by Gasteiger charge is -2.36. The smallest absolute Gasteiger partial charge is 0.298 e. The molecule has 5 nitrogen and oxygen atoms in total. The Morgan fingerprint density at radius 2 is 1.72 bits per heavy atom. The number of rotatable bonds is 7. The summed E-state index contributed by atoms with van der Waals surface area (Å²) in [5.74, 6) is 2.51. The van der Waals surface area contributed by atoms with Crippen LogP contribution in [0.15, 0.2) is 79.1 Å². The van der Waals surface area contributed by atoms with Crippen molar-refractivity contribution in [2.24, 2.45) is 4.99 Å². The zero-order valence-corrected chi connectivity index (χ0v) is 17.3. The lowest BCUT2D eigenvalue weighted by atomic mass is 9.96. The molecule has 0 saturated carbocycles. The number of anilines is 1. The first-order chi connectivity index (χ1) is 14.4. The number of carbonyl (C=O) groups is 1. The van der Waals surface area contributed by atoms with Crippen molar-refractivity contribution in [2.45, 2.75) is 27.4 Å². The number of piperazine rings is 1. The number of terminal acetylenes is 1. The van der Waals surface area contributed by atoms with Crippen molar-refractivity contribution in [2.75, 3.05) is 31.5 Å². The van der Waals surface area contributed by atoms with Crippen molar-refractivity contribution in [3.8, 4) is 12.3 Å². The van der Waals surface area contributed by atoms with E-state index in [0.717, 1.165) is 5.69 Å². The van der Waals surface area contributed by atoms with E-state index in [1.54, 1.807) is 35.4 Å². The standard InChI is InChI=1S/C24H27FN4O.2CH4.H2/c1-6-14-26-23(29-17-15-28(16-18-29)22(30)7-2)19(5)27-21-12-10-20(11-13-21)24(25,8-3)9-4;;;/h2,6,8-14,27H,3-5,15-18H2,1H3;2*1H4;1H/b14-6-,26-23?;;;. The molecule has 1 saturated heterocycles. The second-order valence-electron chi connectivity index (χ2n) is 6.72. The third-order valence-electron chi connectivity index (χ3n) is 4.82. The highest BCUT2D eigenvalue weighted by atomic mass is 19.1. The lowest BCUT2D eigenvalue weighted by Crippen LogP contribution is -2.51. The monoisotopic (exact) mass is 440 g/mol. The zero-order valence-electron chi connectivity index (χ0n) is 17.3. The second-order valence-corrected chi connectivity index (χ2v) is 6.72. The molecule has 0 aliphatic carbocycles. The van der Waals surface area contributed by atoms with Gasteiger partial charge in [0.2, 0.25) is 0 Å². The van der Waals surface area contributed by atoms with Gasteiger partial charge < -0.3 is 15.1 Å². The Balaban J connectivity index is 0. The average Bonchev–Trinajstić information content (AvgIpc) is 2.79. The summed E-state index contributed by atoms with van der Waals surface area (Å²) in [6, 6.07) is 6.87. The van der Waals surface area contributed by atoms with Crippen LogP contribution in [0.3, 0.4) is 0 Å². The van der Waals surface area contributed by atoms with Gasteiger partial charge >= 0.3 is 0 Å². The van der Waals surface area contributed by atoms with Gasteiger partial charge in [0.25, 0.3) is 5.91 Å². The molecule has 1 heterocycles. The highest BCUT2D eigenvalue weighted by Crippen LogP contribution is 2.29. The first-order valence-electron chi connectivity index (χ1n) is 9.61. The molecule has 6 heteroatoms. The molecule has 2 rings (SSSR count). The maximum absolute atomic E-state index is 14.7. The quantitative estimate of drug-likeness (QED) is 0.268.